The number of unbranched alkanes of at least 4 members (excludes halogenated alkanes) is 12. The van der Waals surface area contributed by atoms with E-state index in [1.54, 1.807) is 0 Å². The molecule has 0 aliphatic heterocycles. The first kappa shape index (κ1) is 32.1. The summed E-state index contributed by atoms with van der Waals surface area (Å²) in [7, 11) is -4.12. The molecule has 0 amide bonds. The van der Waals surface area contributed by atoms with E-state index in [2.05, 4.69) is 6.92 Å². The molecule has 0 bridgehead atoms. The maximum Gasteiger partial charge on any atom is 1.00 e. The summed E-state index contributed by atoms with van der Waals surface area (Å²) >= 11 is 0. The van der Waals surface area contributed by atoms with Gasteiger partial charge in [-0.3, -0.25) is 0 Å². The van der Waals surface area contributed by atoms with Crippen LogP contribution in [0, 0.1) is 0 Å². The van der Waals surface area contributed by atoms with Crippen molar-refractivity contribution in [2.75, 3.05) is 0 Å². The van der Waals surface area contributed by atoms with E-state index >= 15 is 0 Å². The van der Waals surface area contributed by atoms with Crippen LogP contribution in [0.2, 0.25) is 0 Å². The summed E-state index contributed by atoms with van der Waals surface area (Å²) in [6.45, 7) is 4.14. The number of hydrogen-bond donors (Lipinski definition) is 1. The van der Waals surface area contributed by atoms with Gasteiger partial charge >= 0.3 is 29.6 Å². The second-order valence-electron chi connectivity index (χ2n) is 8.52. The van der Waals surface area contributed by atoms with E-state index in [0.29, 0.717) is 12.8 Å². The van der Waals surface area contributed by atoms with Gasteiger partial charge < -0.3 is 9.66 Å². The topological polar surface area (TPSA) is 77.4 Å². The van der Waals surface area contributed by atoms with Gasteiger partial charge in [0.25, 0.3) is 0 Å². The van der Waals surface area contributed by atoms with Crippen LogP contribution in [0.15, 0.2) is 0 Å². The van der Waals surface area contributed by atoms with E-state index in [1.807, 2.05) is 6.92 Å². The number of rotatable bonds is 21. The normalized spacial score (nSPS) is 13.8. The van der Waals surface area contributed by atoms with Crippen LogP contribution >= 0.6 is 0 Å². The average Bonchev–Trinajstić information content (AvgIpc) is 2.63. The van der Waals surface area contributed by atoms with Gasteiger partial charge in [-0.25, -0.2) is 8.42 Å². The van der Waals surface area contributed by atoms with Crippen molar-refractivity contribution in [1.29, 1.82) is 0 Å². The third-order valence-electron chi connectivity index (χ3n) is 5.72. The standard InChI is InChI=1S/C23H48O4S.Na/c1-3-5-20-23(28(25,26)27)21-17-15-13-11-9-7-6-8-10-12-14-16-19-22(24)18-4-2;/h22-24H,3-21H2,1-2H3,(H,25,26,27);/q;+1/p-1. The van der Waals surface area contributed by atoms with E-state index in [9.17, 15) is 18.1 Å². The first-order valence-electron chi connectivity index (χ1n) is 12.0. The maximum absolute atomic E-state index is 11.3. The van der Waals surface area contributed by atoms with E-state index in [-0.39, 0.29) is 35.7 Å². The molecule has 0 aliphatic rings. The van der Waals surface area contributed by atoms with Crippen LogP contribution in [0.25, 0.3) is 0 Å². The summed E-state index contributed by atoms with van der Waals surface area (Å²) in [4.78, 5) is 0. The predicted molar refractivity (Wildman–Crippen MR) is 119 cm³/mol. The maximum atomic E-state index is 11.3. The summed E-state index contributed by atoms with van der Waals surface area (Å²) in [6, 6.07) is 0. The Hall–Kier alpha value is 0.870. The Balaban J connectivity index is 0. The van der Waals surface area contributed by atoms with Crippen LogP contribution < -0.4 is 29.6 Å². The summed E-state index contributed by atoms with van der Waals surface area (Å²) in [5.74, 6) is 0. The third-order valence-corrected chi connectivity index (χ3v) is 7.01. The fourth-order valence-electron chi connectivity index (χ4n) is 3.86. The van der Waals surface area contributed by atoms with E-state index in [4.69, 9.17) is 0 Å². The molecule has 0 fully saturated rings. The molecule has 0 spiro atoms. The Morgan fingerprint density at radius 2 is 1.00 bits per heavy atom. The molecule has 170 valence electrons. The van der Waals surface area contributed by atoms with Gasteiger partial charge in [0.1, 0.15) is 0 Å². The van der Waals surface area contributed by atoms with Crippen molar-refractivity contribution in [1.82, 2.24) is 0 Å². The van der Waals surface area contributed by atoms with Crippen LogP contribution in [0.1, 0.15) is 136 Å². The minimum Gasteiger partial charge on any atom is -0.748 e. The van der Waals surface area contributed by atoms with E-state index in [1.165, 1.54) is 51.4 Å². The van der Waals surface area contributed by atoms with Crippen LogP contribution in [0.3, 0.4) is 0 Å². The molecule has 0 aromatic heterocycles. The summed E-state index contributed by atoms with van der Waals surface area (Å²) in [6.07, 6.45) is 20.2. The predicted octanol–water partition coefficient (Wildman–Crippen LogP) is 3.72. The SMILES string of the molecule is CCCCC(CCCCCCCCCCCCCCC(O)CCC)S(=O)(=O)[O-].[Na+]. The minimum absolute atomic E-state index is 0. The molecular formula is C23H47NaO4S. The van der Waals surface area contributed by atoms with Crippen molar-refractivity contribution < 1.29 is 47.6 Å². The average molecular weight is 443 g/mol. The van der Waals surface area contributed by atoms with Gasteiger partial charge in [-0.15, -0.1) is 0 Å². The molecule has 0 rings (SSSR count). The number of aliphatic hydroxyl groups is 1. The van der Waals surface area contributed by atoms with E-state index in [0.717, 1.165) is 57.8 Å². The minimum atomic E-state index is -4.12. The van der Waals surface area contributed by atoms with Crippen molar-refractivity contribution in [3.8, 4) is 0 Å². The van der Waals surface area contributed by atoms with Crippen molar-refractivity contribution in [2.45, 2.75) is 147 Å². The van der Waals surface area contributed by atoms with Gasteiger partial charge in [0.05, 0.1) is 16.2 Å². The van der Waals surface area contributed by atoms with Gasteiger partial charge in [0.15, 0.2) is 0 Å². The molecule has 0 aromatic rings. The Bertz CT molecular complexity index is 429. The Morgan fingerprint density at radius 3 is 1.38 bits per heavy atom. The number of aliphatic hydroxyl groups excluding tert-OH is 1. The van der Waals surface area contributed by atoms with Gasteiger partial charge in [-0.1, -0.05) is 110 Å². The van der Waals surface area contributed by atoms with Gasteiger partial charge in [-0.05, 0) is 25.7 Å². The molecule has 4 nitrogen and oxygen atoms in total. The molecule has 0 saturated carbocycles. The van der Waals surface area contributed by atoms with Crippen LogP contribution in [-0.2, 0) is 10.1 Å². The third kappa shape index (κ3) is 21.9. The van der Waals surface area contributed by atoms with Gasteiger partial charge in [0, 0.05) is 5.25 Å². The van der Waals surface area contributed by atoms with Crippen LogP contribution in [-0.4, -0.2) is 29.4 Å². The molecule has 0 saturated heterocycles. The molecule has 29 heavy (non-hydrogen) atoms. The molecule has 0 heterocycles. The summed E-state index contributed by atoms with van der Waals surface area (Å²) in [5, 5.41) is 9.02. The monoisotopic (exact) mass is 442 g/mol. The van der Waals surface area contributed by atoms with Gasteiger partial charge in [-0.2, -0.15) is 0 Å². The van der Waals surface area contributed by atoms with Crippen molar-refractivity contribution in [2.24, 2.45) is 0 Å². The molecule has 1 N–H and O–H groups in total. The smallest absolute Gasteiger partial charge is 0.748 e. The molecule has 6 heteroatoms. The Kier molecular flexibility index (Phi) is 24.4. The first-order valence-corrected chi connectivity index (χ1v) is 13.5. The molecule has 2 unspecified atom stereocenters. The molecule has 0 aromatic carbocycles. The van der Waals surface area contributed by atoms with Crippen molar-refractivity contribution in [3.05, 3.63) is 0 Å². The summed E-state index contributed by atoms with van der Waals surface area (Å²) < 4.78 is 33.8. The zero-order chi connectivity index (χ0) is 21.1. The van der Waals surface area contributed by atoms with Crippen LogP contribution in [0.5, 0.6) is 0 Å². The zero-order valence-electron chi connectivity index (χ0n) is 19.7. The summed E-state index contributed by atoms with van der Waals surface area (Å²) in [5.41, 5.74) is 0. The fraction of sp³-hybridized carbons (Fsp3) is 1.00. The zero-order valence-corrected chi connectivity index (χ0v) is 22.5. The molecule has 2 atom stereocenters. The molecule has 0 radical (unpaired) electrons. The van der Waals surface area contributed by atoms with Crippen molar-refractivity contribution >= 4 is 10.1 Å². The van der Waals surface area contributed by atoms with Crippen LogP contribution in [0.4, 0.5) is 0 Å². The molecular weight excluding hydrogens is 395 g/mol. The fourth-order valence-corrected chi connectivity index (χ4v) is 4.77. The second kappa shape index (κ2) is 22.1. The van der Waals surface area contributed by atoms with E-state index < -0.39 is 15.4 Å². The second-order valence-corrected chi connectivity index (χ2v) is 10.2. The Morgan fingerprint density at radius 1 is 0.621 bits per heavy atom. The largest absolute Gasteiger partial charge is 1.00 e. The van der Waals surface area contributed by atoms with Gasteiger partial charge in [0.2, 0.25) is 0 Å². The Labute approximate surface area is 204 Å². The quantitative estimate of drug-likeness (QED) is 0.167. The van der Waals surface area contributed by atoms with Crippen molar-refractivity contribution in [3.63, 3.8) is 0 Å². The molecule has 0 aliphatic carbocycles. The first-order chi connectivity index (χ1) is 13.4. The number of hydrogen-bond acceptors (Lipinski definition) is 4.